The molecule has 12 heteroatoms. The number of benzene rings is 5. The molecule has 0 radical (unpaired) electrons. The fourth-order valence-corrected chi connectivity index (χ4v) is 19.5. The molecule has 2 amide bonds. The summed E-state index contributed by atoms with van der Waals surface area (Å²) in [6.45, 7) is 13.7. The lowest BCUT2D eigenvalue weighted by Gasteiger charge is -2.51. The summed E-state index contributed by atoms with van der Waals surface area (Å²) in [5.74, 6) is 0.183. The first-order valence-electron chi connectivity index (χ1n) is 21.7. The number of carbonyl (C=O) groups excluding carboxylic acids is 1. The van der Waals surface area contributed by atoms with Gasteiger partial charge in [0.25, 0.3) is 16.6 Å². The maximum Gasteiger partial charge on any atom is 0.330 e. The molecule has 0 N–H and O–H groups in total. The van der Waals surface area contributed by atoms with Crippen molar-refractivity contribution >= 4 is 66.5 Å². The smallest absolute Gasteiger partial charge is 0.330 e. The second-order valence-corrected chi connectivity index (χ2v) is 27.6. The third-order valence-electron chi connectivity index (χ3n) is 12.7. The van der Waals surface area contributed by atoms with E-state index >= 15 is 9.18 Å². The fourth-order valence-electron chi connectivity index (χ4n) is 9.98. The SMILES string of the molecule is COc1ccc(N2Cc3cnc(Cl)nc3N(C3CC(O[Si](c4ccccc4)(c4ccccc4)C(C)(C)C)CC(O[Si](c4ccccc4)(c4ccccc4)C(C)(C)C)C3)C2=O)c(F)c1. The molecule has 5 aromatic carbocycles. The second kappa shape index (κ2) is 17.8. The normalized spacial score (nSPS) is 18.6. The van der Waals surface area contributed by atoms with Gasteiger partial charge in [-0.3, -0.25) is 9.80 Å². The number of halogens is 2. The van der Waals surface area contributed by atoms with Crippen molar-refractivity contribution in [2.24, 2.45) is 0 Å². The highest BCUT2D eigenvalue weighted by Gasteiger charge is 2.56. The van der Waals surface area contributed by atoms with Gasteiger partial charge in [0.1, 0.15) is 11.6 Å². The molecule has 63 heavy (non-hydrogen) atoms. The second-order valence-electron chi connectivity index (χ2n) is 18.7. The Hall–Kier alpha value is -5.18. The molecule has 1 aliphatic heterocycles. The van der Waals surface area contributed by atoms with Crippen molar-refractivity contribution in [3.8, 4) is 5.75 Å². The molecule has 2 aliphatic rings. The largest absolute Gasteiger partial charge is 0.497 e. The Kier molecular flexibility index (Phi) is 12.5. The van der Waals surface area contributed by atoms with Crippen molar-refractivity contribution in [3.63, 3.8) is 0 Å². The van der Waals surface area contributed by atoms with Crippen molar-refractivity contribution in [1.82, 2.24) is 9.97 Å². The summed E-state index contributed by atoms with van der Waals surface area (Å²) in [5, 5.41) is 4.05. The minimum Gasteiger partial charge on any atom is -0.497 e. The Morgan fingerprint density at radius 2 is 1.11 bits per heavy atom. The predicted molar refractivity (Wildman–Crippen MR) is 257 cm³/mol. The highest BCUT2D eigenvalue weighted by molar-refractivity contribution is 7.00. The van der Waals surface area contributed by atoms with E-state index in [1.807, 2.05) is 24.3 Å². The van der Waals surface area contributed by atoms with Gasteiger partial charge in [-0.2, -0.15) is 4.98 Å². The molecule has 1 aromatic heterocycles. The molecule has 6 aromatic rings. The third-order valence-corrected chi connectivity index (χ3v) is 23.1. The number of rotatable bonds is 11. The van der Waals surface area contributed by atoms with Crippen LogP contribution in [0.2, 0.25) is 15.4 Å². The Morgan fingerprint density at radius 3 is 1.51 bits per heavy atom. The Labute approximate surface area is 378 Å². The lowest BCUT2D eigenvalue weighted by Crippen LogP contribution is -2.70. The first-order valence-corrected chi connectivity index (χ1v) is 25.9. The number of aromatic nitrogens is 2. The minimum atomic E-state index is -3.12. The highest BCUT2D eigenvalue weighted by atomic mass is 35.5. The number of methoxy groups -OCH3 is 1. The molecular formula is C51H56ClFN4O4Si2. The quantitative estimate of drug-likeness (QED) is 0.0953. The maximum atomic E-state index is 16.0. The summed E-state index contributed by atoms with van der Waals surface area (Å²) in [6.07, 6.45) is 2.41. The molecular weight excluding hydrogens is 843 g/mol. The molecule has 8 nitrogen and oxygen atoms in total. The van der Waals surface area contributed by atoms with Crippen molar-refractivity contribution in [3.05, 3.63) is 162 Å². The van der Waals surface area contributed by atoms with Gasteiger partial charge in [-0.25, -0.2) is 14.2 Å². The zero-order valence-corrected chi connectivity index (χ0v) is 39.9. The van der Waals surface area contributed by atoms with Crippen molar-refractivity contribution in [1.29, 1.82) is 0 Å². The molecule has 1 saturated carbocycles. The average Bonchev–Trinajstić information content (AvgIpc) is 3.27. The van der Waals surface area contributed by atoms with Crippen LogP contribution in [0.25, 0.3) is 0 Å². The van der Waals surface area contributed by atoms with Crippen LogP contribution in [-0.2, 0) is 15.4 Å². The van der Waals surface area contributed by atoms with Crippen LogP contribution < -0.4 is 35.3 Å². The monoisotopic (exact) mass is 898 g/mol. The van der Waals surface area contributed by atoms with Crippen LogP contribution in [-0.4, -0.2) is 58.0 Å². The summed E-state index contributed by atoms with van der Waals surface area (Å²) >= 11 is 6.56. The van der Waals surface area contributed by atoms with E-state index in [2.05, 4.69) is 144 Å². The van der Waals surface area contributed by atoms with E-state index in [0.717, 1.165) is 20.7 Å². The lowest BCUT2D eigenvalue weighted by molar-refractivity contribution is 0.0473. The number of amides is 2. The molecule has 2 heterocycles. The van der Waals surface area contributed by atoms with Crippen LogP contribution in [0, 0.1) is 5.82 Å². The highest BCUT2D eigenvalue weighted by Crippen LogP contribution is 2.45. The summed E-state index contributed by atoms with van der Waals surface area (Å²) in [7, 11) is -4.74. The van der Waals surface area contributed by atoms with Crippen molar-refractivity contribution in [2.45, 2.75) is 95.7 Å². The number of hydrogen-bond acceptors (Lipinski definition) is 6. The number of hydrogen-bond donors (Lipinski definition) is 0. The number of urea groups is 1. The summed E-state index contributed by atoms with van der Waals surface area (Å²) < 4.78 is 37.3. The van der Waals surface area contributed by atoms with E-state index in [9.17, 15) is 0 Å². The van der Waals surface area contributed by atoms with Gasteiger partial charge in [-0.15, -0.1) is 0 Å². The van der Waals surface area contributed by atoms with E-state index in [-0.39, 0.29) is 39.8 Å². The molecule has 8 rings (SSSR count). The van der Waals surface area contributed by atoms with E-state index in [1.165, 1.54) is 18.1 Å². The third kappa shape index (κ3) is 8.37. The first-order chi connectivity index (χ1) is 30.2. The molecule has 0 saturated heterocycles. The molecule has 2 unspecified atom stereocenters. The molecule has 0 bridgehead atoms. The summed E-state index contributed by atoms with van der Waals surface area (Å²) in [5.41, 5.74) is 0.774. The van der Waals surface area contributed by atoms with Crippen LogP contribution in [0.3, 0.4) is 0 Å². The molecule has 0 spiro atoms. The lowest BCUT2D eigenvalue weighted by atomic mass is 9.89. The van der Waals surface area contributed by atoms with E-state index in [1.54, 1.807) is 23.2 Å². The van der Waals surface area contributed by atoms with Gasteiger partial charge in [-0.05, 0) is 73.8 Å². The van der Waals surface area contributed by atoms with Crippen LogP contribution in [0.1, 0.15) is 66.4 Å². The van der Waals surface area contributed by atoms with Crippen LogP contribution in [0.5, 0.6) is 5.75 Å². The minimum absolute atomic E-state index is 0.0201. The Morgan fingerprint density at radius 1 is 0.667 bits per heavy atom. The van der Waals surface area contributed by atoms with E-state index in [4.69, 9.17) is 30.2 Å². The van der Waals surface area contributed by atoms with Crippen LogP contribution in [0.4, 0.5) is 20.7 Å². The summed E-state index contributed by atoms with van der Waals surface area (Å²) in [6, 6.07) is 46.1. The van der Waals surface area contributed by atoms with Gasteiger partial charge in [0.2, 0.25) is 5.28 Å². The first kappa shape index (κ1) is 44.4. The van der Waals surface area contributed by atoms with Crippen molar-refractivity contribution in [2.75, 3.05) is 16.9 Å². The number of anilines is 2. The predicted octanol–water partition coefficient (Wildman–Crippen LogP) is 9.67. The Balaban J connectivity index is 1.31. The van der Waals surface area contributed by atoms with Gasteiger partial charge in [0.05, 0.1) is 31.5 Å². The van der Waals surface area contributed by atoms with Gasteiger partial charge in [0.15, 0.2) is 5.82 Å². The van der Waals surface area contributed by atoms with Crippen LogP contribution in [0.15, 0.2) is 146 Å². The van der Waals surface area contributed by atoms with Gasteiger partial charge < -0.3 is 13.6 Å². The summed E-state index contributed by atoms with van der Waals surface area (Å²) in [4.78, 5) is 27.5. The molecule has 1 fully saturated rings. The number of carbonyl (C=O) groups is 1. The van der Waals surface area contributed by atoms with Gasteiger partial charge in [-0.1, -0.05) is 163 Å². The zero-order chi connectivity index (χ0) is 44.6. The van der Waals surface area contributed by atoms with E-state index < -0.39 is 34.5 Å². The van der Waals surface area contributed by atoms with Crippen LogP contribution >= 0.6 is 11.6 Å². The number of ether oxygens (including phenoxy) is 1. The molecule has 2 atom stereocenters. The fraction of sp³-hybridized carbons (Fsp3) is 0.314. The van der Waals surface area contributed by atoms with E-state index in [0.29, 0.717) is 36.4 Å². The zero-order valence-electron chi connectivity index (χ0n) is 37.1. The molecule has 326 valence electrons. The molecule has 1 aliphatic carbocycles. The number of nitrogens with zero attached hydrogens (tertiary/aromatic N) is 4. The average molecular weight is 900 g/mol. The number of fused-ring (bicyclic) bond motifs is 1. The Bertz CT molecular complexity index is 2340. The topological polar surface area (TPSA) is 77.0 Å². The van der Waals surface area contributed by atoms with Gasteiger partial charge >= 0.3 is 6.03 Å². The van der Waals surface area contributed by atoms with Gasteiger partial charge in [0, 0.05) is 23.9 Å². The van der Waals surface area contributed by atoms with Crippen molar-refractivity contribution < 1.29 is 22.8 Å². The maximum absolute atomic E-state index is 16.0. The standard InChI is InChI=1S/C51H56ClFN4O4Si2/c1-50(2,3)62(41-20-12-8-13-21-41,42-22-14-9-15-23-42)60-39-30-37(31-40(32-39)61-63(51(4,5)6,43-24-16-10-17-25-43)44-26-18-11-19-27-44)57-47-36(34-54-48(52)55-47)35-56(49(57)58)46-29-28-38(59-7)33-45(46)53/h8-29,33-34,37,39-40H,30-32,35H2,1-7H3.